The summed E-state index contributed by atoms with van der Waals surface area (Å²) < 4.78 is 78.5. The third-order valence-corrected chi connectivity index (χ3v) is 4.83. The molecule has 0 aliphatic rings. The van der Waals surface area contributed by atoms with Crippen LogP contribution < -0.4 is 10.1 Å². The summed E-state index contributed by atoms with van der Waals surface area (Å²) >= 11 is 6.12. The molecule has 34 heavy (non-hydrogen) atoms. The average Bonchev–Trinajstić information content (AvgIpc) is 3.43. The van der Waals surface area contributed by atoms with Crippen LogP contribution in [0.1, 0.15) is 21.9 Å². The lowest BCUT2D eigenvalue weighted by atomic mass is 10.2. The van der Waals surface area contributed by atoms with Crippen LogP contribution in [-0.4, -0.2) is 15.7 Å². The van der Waals surface area contributed by atoms with E-state index in [-0.39, 0.29) is 22.4 Å². The van der Waals surface area contributed by atoms with Gasteiger partial charge >= 0.3 is 0 Å². The monoisotopic (exact) mass is 497 g/mol. The van der Waals surface area contributed by atoms with Crippen LogP contribution in [0.3, 0.4) is 0 Å². The van der Waals surface area contributed by atoms with Gasteiger partial charge in [-0.1, -0.05) is 41.9 Å². The molecule has 4 aromatic rings. The molecule has 2 aromatic heterocycles. The standard InChI is InChI=1S/C22H13ClF5N3O3/c23-13-9-31(8-11-4-2-1-3-5-11)30-21(13)29-22(32)14-7-6-12(34-14)10-33-20-18(27)16(25)15(24)17(26)19(20)28/h1-7,9H,8,10H2,(H,29,30,32). The number of hydrogen-bond donors (Lipinski definition) is 1. The Balaban J connectivity index is 1.42. The van der Waals surface area contributed by atoms with Crippen molar-refractivity contribution in [3.05, 3.63) is 99.9 Å². The molecule has 0 radical (unpaired) electrons. The number of carbonyl (C=O) groups is 1. The topological polar surface area (TPSA) is 69.3 Å². The molecular formula is C22H13ClF5N3O3. The molecule has 2 aromatic carbocycles. The maximum absolute atomic E-state index is 13.7. The van der Waals surface area contributed by atoms with E-state index in [2.05, 4.69) is 10.4 Å². The Hall–Kier alpha value is -3.86. The highest BCUT2D eigenvalue weighted by Gasteiger charge is 2.27. The van der Waals surface area contributed by atoms with Crippen molar-refractivity contribution in [3.63, 3.8) is 0 Å². The number of nitrogens with one attached hydrogen (secondary N) is 1. The first kappa shape index (κ1) is 23.3. The molecule has 0 atom stereocenters. The van der Waals surface area contributed by atoms with Crippen molar-refractivity contribution in [1.29, 1.82) is 0 Å². The molecule has 0 saturated carbocycles. The van der Waals surface area contributed by atoms with Crippen LogP contribution in [0.15, 0.2) is 53.1 Å². The van der Waals surface area contributed by atoms with Crippen LogP contribution in [0.25, 0.3) is 0 Å². The number of hydrogen-bond acceptors (Lipinski definition) is 4. The van der Waals surface area contributed by atoms with E-state index in [1.165, 1.54) is 23.0 Å². The van der Waals surface area contributed by atoms with Gasteiger partial charge < -0.3 is 14.5 Å². The van der Waals surface area contributed by atoms with E-state index >= 15 is 0 Å². The second-order valence-corrected chi connectivity index (χ2v) is 7.32. The molecule has 4 rings (SSSR count). The van der Waals surface area contributed by atoms with Gasteiger partial charge in [0.25, 0.3) is 5.91 Å². The number of rotatable bonds is 7. The summed E-state index contributed by atoms with van der Waals surface area (Å²) in [4.78, 5) is 12.4. The zero-order valence-electron chi connectivity index (χ0n) is 16.9. The fraction of sp³-hybridized carbons (Fsp3) is 0.0909. The van der Waals surface area contributed by atoms with E-state index in [9.17, 15) is 26.7 Å². The average molecular weight is 498 g/mol. The highest BCUT2D eigenvalue weighted by molar-refractivity contribution is 6.33. The van der Waals surface area contributed by atoms with Crippen LogP contribution in [0.5, 0.6) is 5.75 Å². The predicted molar refractivity (Wildman–Crippen MR) is 110 cm³/mol. The van der Waals surface area contributed by atoms with Crippen molar-refractivity contribution in [3.8, 4) is 5.75 Å². The van der Waals surface area contributed by atoms with E-state index < -0.39 is 47.3 Å². The molecule has 0 saturated heterocycles. The van der Waals surface area contributed by atoms with Gasteiger partial charge in [0.2, 0.25) is 29.1 Å². The van der Waals surface area contributed by atoms with E-state index in [0.29, 0.717) is 6.54 Å². The first-order valence-electron chi connectivity index (χ1n) is 9.55. The number of furan rings is 1. The molecule has 2 heterocycles. The number of aromatic nitrogens is 2. The van der Waals surface area contributed by atoms with E-state index in [1.54, 1.807) is 0 Å². The SMILES string of the molecule is O=C(Nc1nn(Cc2ccccc2)cc1Cl)c1ccc(COc2c(F)c(F)c(F)c(F)c2F)o1. The Bertz CT molecular complexity index is 1330. The Kier molecular flexibility index (Phi) is 6.55. The summed E-state index contributed by atoms with van der Waals surface area (Å²) in [6.45, 7) is -0.297. The van der Waals surface area contributed by atoms with Crippen LogP contribution in [0, 0.1) is 29.1 Å². The van der Waals surface area contributed by atoms with Gasteiger partial charge in [-0.2, -0.15) is 13.9 Å². The molecule has 176 valence electrons. The summed E-state index contributed by atoms with van der Waals surface area (Å²) in [5.41, 5.74) is 0.962. The van der Waals surface area contributed by atoms with Crippen molar-refractivity contribution in [2.75, 3.05) is 5.32 Å². The molecule has 1 N–H and O–H groups in total. The second-order valence-electron chi connectivity index (χ2n) is 6.92. The van der Waals surface area contributed by atoms with Crippen molar-refractivity contribution in [2.24, 2.45) is 0 Å². The fourth-order valence-corrected chi connectivity index (χ4v) is 3.13. The third-order valence-electron chi connectivity index (χ3n) is 4.55. The highest BCUT2D eigenvalue weighted by atomic mass is 35.5. The first-order chi connectivity index (χ1) is 16.2. The number of nitrogens with zero attached hydrogens (tertiary/aromatic N) is 2. The molecule has 0 bridgehead atoms. The van der Waals surface area contributed by atoms with Gasteiger partial charge in [0.05, 0.1) is 6.54 Å². The molecule has 12 heteroatoms. The Morgan fingerprint density at radius 1 is 0.971 bits per heavy atom. The van der Waals surface area contributed by atoms with E-state index in [1.807, 2.05) is 30.3 Å². The van der Waals surface area contributed by atoms with Gasteiger partial charge in [-0.05, 0) is 17.7 Å². The lowest BCUT2D eigenvalue weighted by Crippen LogP contribution is -2.12. The molecule has 0 fully saturated rings. The van der Waals surface area contributed by atoms with Gasteiger partial charge in [-0.3, -0.25) is 9.48 Å². The molecular weight excluding hydrogens is 485 g/mol. The van der Waals surface area contributed by atoms with Crippen molar-refractivity contribution in [1.82, 2.24) is 9.78 Å². The Morgan fingerprint density at radius 3 is 2.29 bits per heavy atom. The quantitative estimate of drug-likeness (QED) is 0.202. The minimum absolute atomic E-state index is 0.0678. The molecule has 6 nitrogen and oxygen atoms in total. The number of benzene rings is 2. The maximum atomic E-state index is 13.7. The summed E-state index contributed by atoms with van der Waals surface area (Å²) in [7, 11) is 0. The lowest BCUT2D eigenvalue weighted by molar-refractivity contribution is 0.0991. The Morgan fingerprint density at radius 2 is 1.62 bits per heavy atom. The van der Waals surface area contributed by atoms with Gasteiger partial charge in [-0.25, -0.2) is 13.2 Å². The van der Waals surface area contributed by atoms with Gasteiger partial charge in [0, 0.05) is 6.20 Å². The number of amides is 1. The van der Waals surface area contributed by atoms with Crippen LogP contribution in [0.4, 0.5) is 27.8 Å². The number of carbonyl (C=O) groups excluding carboxylic acids is 1. The summed E-state index contributed by atoms with van der Waals surface area (Å²) in [5, 5.41) is 6.83. The lowest BCUT2D eigenvalue weighted by Gasteiger charge is -2.09. The van der Waals surface area contributed by atoms with Crippen molar-refractivity contribution >= 4 is 23.3 Å². The molecule has 1 amide bonds. The third kappa shape index (κ3) is 4.74. The second kappa shape index (κ2) is 9.56. The largest absolute Gasteiger partial charge is 0.479 e. The van der Waals surface area contributed by atoms with Crippen LogP contribution >= 0.6 is 11.6 Å². The number of halogens is 6. The number of anilines is 1. The highest BCUT2D eigenvalue weighted by Crippen LogP contribution is 2.30. The summed E-state index contributed by atoms with van der Waals surface area (Å²) in [6.07, 6.45) is 1.52. The zero-order valence-corrected chi connectivity index (χ0v) is 17.7. The molecule has 0 aliphatic carbocycles. The Labute approximate surface area is 193 Å². The van der Waals surface area contributed by atoms with E-state index in [0.717, 1.165) is 5.56 Å². The van der Waals surface area contributed by atoms with E-state index in [4.69, 9.17) is 20.8 Å². The minimum atomic E-state index is -2.30. The number of ether oxygens (including phenoxy) is 1. The smallest absolute Gasteiger partial charge is 0.292 e. The normalized spacial score (nSPS) is 11.0. The van der Waals surface area contributed by atoms with Crippen molar-refractivity contribution in [2.45, 2.75) is 13.2 Å². The molecule has 0 aliphatic heterocycles. The maximum Gasteiger partial charge on any atom is 0.292 e. The fourth-order valence-electron chi connectivity index (χ4n) is 2.93. The summed E-state index contributed by atoms with van der Waals surface area (Å²) in [5.74, 6) is -13.3. The molecule has 0 spiro atoms. The summed E-state index contributed by atoms with van der Waals surface area (Å²) in [6, 6.07) is 11.9. The predicted octanol–water partition coefficient (Wildman–Crippen LogP) is 5.70. The van der Waals surface area contributed by atoms with Gasteiger partial charge in [0.1, 0.15) is 17.4 Å². The minimum Gasteiger partial charge on any atom is -0.479 e. The van der Waals surface area contributed by atoms with Gasteiger partial charge in [0.15, 0.2) is 17.3 Å². The molecule has 0 unspecified atom stereocenters. The first-order valence-corrected chi connectivity index (χ1v) is 9.93. The van der Waals surface area contributed by atoms with Crippen molar-refractivity contribution < 1.29 is 35.9 Å². The van der Waals surface area contributed by atoms with Gasteiger partial charge in [-0.15, -0.1) is 0 Å². The van der Waals surface area contributed by atoms with Crippen LogP contribution in [-0.2, 0) is 13.2 Å². The van der Waals surface area contributed by atoms with Crippen LogP contribution in [0.2, 0.25) is 5.02 Å². The zero-order chi connectivity index (χ0) is 24.4.